The Balaban J connectivity index is 1.76. The van der Waals surface area contributed by atoms with E-state index in [1.165, 1.54) is 6.07 Å². The second-order valence-corrected chi connectivity index (χ2v) is 6.39. The van der Waals surface area contributed by atoms with Crippen molar-refractivity contribution in [2.24, 2.45) is 0 Å². The molecule has 0 saturated carbocycles. The summed E-state index contributed by atoms with van der Waals surface area (Å²) >= 11 is 0. The molecule has 134 valence electrons. The van der Waals surface area contributed by atoms with E-state index in [-0.39, 0.29) is 5.91 Å². The second-order valence-electron chi connectivity index (χ2n) is 6.39. The Labute approximate surface area is 155 Å². The van der Waals surface area contributed by atoms with Crippen LogP contribution in [0.4, 0.5) is 10.1 Å². The third-order valence-electron chi connectivity index (χ3n) is 4.44. The van der Waals surface area contributed by atoms with Crippen LogP contribution in [0.15, 0.2) is 60.8 Å². The molecule has 4 aromatic rings. The highest BCUT2D eigenvalue weighted by molar-refractivity contribution is 6.08. The van der Waals surface area contributed by atoms with Crippen molar-refractivity contribution < 1.29 is 9.18 Å². The minimum absolute atomic E-state index is 0.290. The number of fused-ring (bicyclic) bond motifs is 1. The van der Waals surface area contributed by atoms with Crippen LogP contribution in [0.2, 0.25) is 0 Å². The molecule has 27 heavy (non-hydrogen) atoms. The van der Waals surface area contributed by atoms with Crippen molar-refractivity contribution >= 4 is 17.2 Å². The number of amides is 1. The van der Waals surface area contributed by atoms with E-state index >= 15 is 0 Å². The highest BCUT2D eigenvalue weighted by Gasteiger charge is 2.18. The zero-order chi connectivity index (χ0) is 19.0. The van der Waals surface area contributed by atoms with E-state index in [0.717, 1.165) is 16.8 Å². The molecular formula is C21H17FN4O. The summed E-state index contributed by atoms with van der Waals surface area (Å²) in [5.74, 6) is -0.330. The molecular weight excluding hydrogens is 343 g/mol. The molecule has 0 fully saturated rings. The number of benzene rings is 2. The number of hydrogen-bond acceptors (Lipinski definition) is 3. The van der Waals surface area contributed by atoms with Gasteiger partial charge < -0.3 is 5.32 Å². The summed E-state index contributed by atoms with van der Waals surface area (Å²) in [6.45, 7) is 3.90. The number of rotatable bonds is 3. The van der Waals surface area contributed by atoms with Gasteiger partial charge in [-0.05, 0) is 55.3 Å². The molecule has 2 aromatic heterocycles. The van der Waals surface area contributed by atoms with E-state index in [1.54, 1.807) is 40.9 Å². The van der Waals surface area contributed by atoms with Gasteiger partial charge >= 0.3 is 0 Å². The zero-order valence-corrected chi connectivity index (χ0v) is 14.9. The predicted molar refractivity (Wildman–Crippen MR) is 102 cm³/mol. The molecule has 2 aromatic carbocycles. The van der Waals surface area contributed by atoms with Crippen LogP contribution in [0.25, 0.3) is 17.0 Å². The van der Waals surface area contributed by atoms with Crippen LogP contribution in [0.5, 0.6) is 0 Å². The van der Waals surface area contributed by atoms with Crippen molar-refractivity contribution in [3.05, 3.63) is 83.3 Å². The largest absolute Gasteiger partial charge is 0.322 e. The van der Waals surface area contributed by atoms with Gasteiger partial charge in [-0.25, -0.2) is 4.39 Å². The first-order valence-corrected chi connectivity index (χ1v) is 8.52. The van der Waals surface area contributed by atoms with E-state index in [0.29, 0.717) is 22.6 Å². The standard InChI is InChI=1S/C21H17FN4O/c1-13-9-10-14(2)18(12-13)23-21(27)16-7-5-11-26-19(24-25-20(16)26)15-6-3-4-8-17(15)22/h3-12H,1-2H3,(H,23,27). The highest BCUT2D eigenvalue weighted by Crippen LogP contribution is 2.23. The molecule has 0 unspecified atom stereocenters. The first-order chi connectivity index (χ1) is 13.0. The molecule has 5 nitrogen and oxygen atoms in total. The minimum Gasteiger partial charge on any atom is -0.322 e. The van der Waals surface area contributed by atoms with E-state index in [2.05, 4.69) is 15.5 Å². The minimum atomic E-state index is -0.392. The molecule has 1 N–H and O–H groups in total. The van der Waals surface area contributed by atoms with Crippen LogP contribution in [0.3, 0.4) is 0 Å². The quantitative estimate of drug-likeness (QED) is 0.589. The normalized spacial score (nSPS) is 10.9. The Bertz CT molecular complexity index is 1170. The van der Waals surface area contributed by atoms with Gasteiger partial charge in [-0.1, -0.05) is 24.3 Å². The lowest BCUT2D eigenvalue weighted by atomic mass is 10.1. The van der Waals surface area contributed by atoms with Gasteiger partial charge in [0.1, 0.15) is 5.82 Å². The smallest absolute Gasteiger partial charge is 0.259 e. The van der Waals surface area contributed by atoms with Gasteiger partial charge in [-0.2, -0.15) is 0 Å². The van der Waals surface area contributed by atoms with Gasteiger partial charge in [0.25, 0.3) is 5.91 Å². The summed E-state index contributed by atoms with van der Waals surface area (Å²) in [6, 6.07) is 15.6. The van der Waals surface area contributed by atoms with Crippen molar-refractivity contribution in [1.29, 1.82) is 0 Å². The van der Waals surface area contributed by atoms with E-state index in [9.17, 15) is 9.18 Å². The number of nitrogens with one attached hydrogen (secondary N) is 1. The van der Waals surface area contributed by atoms with Gasteiger partial charge in [-0.15, -0.1) is 10.2 Å². The van der Waals surface area contributed by atoms with Crippen LogP contribution in [-0.4, -0.2) is 20.5 Å². The third-order valence-corrected chi connectivity index (χ3v) is 4.44. The molecule has 0 saturated heterocycles. The van der Waals surface area contributed by atoms with Crippen LogP contribution < -0.4 is 5.32 Å². The molecule has 0 spiro atoms. The van der Waals surface area contributed by atoms with Crippen molar-refractivity contribution in [1.82, 2.24) is 14.6 Å². The number of pyridine rings is 1. The SMILES string of the molecule is Cc1ccc(C)c(NC(=O)c2cccn3c(-c4ccccc4F)nnc23)c1. The number of aryl methyl sites for hydroxylation is 2. The molecule has 0 bridgehead atoms. The van der Waals surface area contributed by atoms with Gasteiger partial charge in [0.05, 0.1) is 11.1 Å². The zero-order valence-electron chi connectivity index (χ0n) is 14.9. The van der Waals surface area contributed by atoms with Crippen LogP contribution in [-0.2, 0) is 0 Å². The predicted octanol–water partition coefficient (Wildman–Crippen LogP) is 4.40. The Morgan fingerprint density at radius 1 is 1.04 bits per heavy atom. The molecule has 0 aliphatic rings. The summed E-state index contributed by atoms with van der Waals surface area (Å²) < 4.78 is 15.8. The summed E-state index contributed by atoms with van der Waals surface area (Å²) in [5.41, 5.74) is 3.84. The molecule has 1 amide bonds. The number of nitrogens with zero attached hydrogens (tertiary/aromatic N) is 3. The molecule has 0 radical (unpaired) electrons. The fourth-order valence-corrected chi connectivity index (χ4v) is 2.98. The highest BCUT2D eigenvalue weighted by atomic mass is 19.1. The molecule has 6 heteroatoms. The Kier molecular flexibility index (Phi) is 4.16. The summed E-state index contributed by atoms with van der Waals surface area (Å²) in [7, 11) is 0. The Hall–Kier alpha value is -3.54. The van der Waals surface area contributed by atoms with Crippen molar-refractivity contribution in [3.8, 4) is 11.4 Å². The average Bonchev–Trinajstić information content (AvgIpc) is 3.09. The lowest BCUT2D eigenvalue weighted by Gasteiger charge is -2.10. The maximum Gasteiger partial charge on any atom is 0.259 e. The van der Waals surface area contributed by atoms with Crippen molar-refractivity contribution in [2.45, 2.75) is 13.8 Å². The molecule has 2 heterocycles. The topological polar surface area (TPSA) is 59.3 Å². The summed E-state index contributed by atoms with van der Waals surface area (Å²) in [4.78, 5) is 12.8. The van der Waals surface area contributed by atoms with Crippen molar-refractivity contribution in [3.63, 3.8) is 0 Å². The number of halogens is 1. The van der Waals surface area contributed by atoms with E-state index < -0.39 is 5.82 Å². The Morgan fingerprint density at radius 2 is 1.85 bits per heavy atom. The summed E-state index contributed by atoms with van der Waals surface area (Å²) in [5, 5.41) is 11.2. The fourth-order valence-electron chi connectivity index (χ4n) is 2.98. The van der Waals surface area contributed by atoms with Gasteiger partial charge in [0.15, 0.2) is 11.5 Å². The Morgan fingerprint density at radius 3 is 2.67 bits per heavy atom. The third kappa shape index (κ3) is 3.06. The van der Waals surface area contributed by atoms with Gasteiger partial charge in [-0.3, -0.25) is 9.20 Å². The van der Waals surface area contributed by atoms with Gasteiger partial charge in [0, 0.05) is 11.9 Å². The maximum absolute atomic E-state index is 14.1. The average molecular weight is 360 g/mol. The fraction of sp³-hybridized carbons (Fsp3) is 0.0952. The number of anilines is 1. The van der Waals surface area contributed by atoms with Crippen LogP contribution in [0, 0.1) is 19.7 Å². The number of carbonyl (C=O) groups excluding carboxylic acids is 1. The van der Waals surface area contributed by atoms with Crippen LogP contribution >= 0.6 is 0 Å². The molecule has 0 aliphatic carbocycles. The maximum atomic E-state index is 14.1. The first-order valence-electron chi connectivity index (χ1n) is 8.52. The van der Waals surface area contributed by atoms with Gasteiger partial charge in [0.2, 0.25) is 0 Å². The number of carbonyl (C=O) groups is 1. The lowest BCUT2D eigenvalue weighted by Crippen LogP contribution is -2.14. The van der Waals surface area contributed by atoms with E-state index in [4.69, 9.17) is 0 Å². The monoisotopic (exact) mass is 360 g/mol. The lowest BCUT2D eigenvalue weighted by molar-refractivity contribution is 0.102. The second kappa shape index (κ2) is 6.64. The molecule has 4 rings (SSSR count). The molecule has 0 aliphatic heterocycles. The first kappa shape index (κ1) is 16.9. The number of hydrogen-bond donors (Lipinski definition) is 1. The van der Waals surface area contributed by atoms with Crippen molar-refractivity contribution in [2.75, 3.05) is 5.32 Å². The number of aromatic nitrogens is 3. The van der Waals surface area contributed by atoms with E-state index in [1.807, 2.05) is 32.0 Å². The summed E-state index contributed by atoms with van der Waals surface area (Å²) in [6.07, 6.45) is 1.71. The van der Waals surface area contributed by atoms with Crippen LogP contribution in [0.1, 0.15) is 21.5 Å². The molecule has 0 atom stereocenters.